The Morgan fingerprint density at radius 2 is 1.93 bits per heavy atom. The van der Waals surface area contributed by atoms with Crippen LogP contribution in [0, 0.1) is 6.92 Å². The molecule has 1 aromatic carbocycles. The van der Waals surface area contributed by atoms with Crippen LogP contribution in [0.5, 0.6) is 5.88 Å². The standard InChI is InChI=1S/C20H16N4O5/c1-12-16(17(24-29-12)13-7-4-3-5-8-13)19-23-22-15(28-19)11-27-20(25)14-9-6-10-21-18(14)26-2/h3-10H,11H2,1-2H3. The van der Waals surface area contributed by atoms with Gasteiger partial charge in [-0.25, -0.2) is 9.78 Å². The summed E-state index contributed by atoms with van der Waals surface area (Å²) in [7, 11) is 1.43. The molecule has 0 aliphatic heterocycles. The monoisotopic (exact) mass is 392 g/mol. The molecule has 0 aliphatic carbocycles. The second-order valence-electron chi connectivity index (χ2n) is 5.97. The molecular formula is C20H16N4O5. The highest BCUT2D eigenvalue weighted by molar-refractivity contribution is 5.91. The van der Waals surface area contributed by atoms with Crippen molar-refractivity contribution in [2.75, 3.05) is 7.11 Å². The highest BCUT2D eigenvalue weighted by atomic mass is 16.5. The number of rotatable bonds is 6. The van der Waals surface area contributed by atoms with Gasteiger partial charge in [0, 0.05) is 11.8 Å². The molecular weight excluding hydrogens is 376 g/mol. The van der Waals surface area contributed by atoms with Crippen LogP contribution in [0.2, 0.25) is 0 Å². The summed E-state index contributed by atoms with van der Waals surface area (Å²) in [4.78, 5) is 16.2. The fourth-order valence-electron chi connectivity index (χ4n) is 2.74. The van der Waals surface area contributed by atoms with Gasteiger partial charge in [0.25, 0.3) is 11.8 Å². The maximum absolute atomic E-state index is 12.3. The third-order valence-electron chi connectivity index (χ3n) is 4.10. The quantitative estimate of drug-likeness (QED) is 0.455. The second-order valence-corrected chi connectivity index (χ2v) is 5.97. The largest absolute Gasteiger partial charge is 0.480 e. The first kappa shape index (κ1) is 18.4. The van der Waals surface area contributed by atoms with E-state index < -0.39 is 5.97 Å². The third kappa shape index (κ3) is 3.70. The fraction of sp³-hybridized carbons (Fsp3) is 0.150. The molecule has 3 heterocycles. The molecule has 0 aliphatic rings. The van der Waals surface area contributed by atoms with E-state index in [0.717, 1.165) is 5.56 Å². The molecule has 0 amide bonds. The van der Waals surface area contributed by atoms with Gasteiger partial charge in [0.2, 0.25) is 5.88 Å². The zero-order valence-corrected chi connectivity index (χ0v) is 15.7. The molecule has 4 rings (SSSR count). The Hall–Kier alpha value is -4.01. The first-order valence-electron chi connectivity index (χ1n) is 8.68. The molecule has 0 bridgehead atoms. The van der Waals surface area contributed by atoms with Gasteiger partial charge in [-0.3, -0.25) is 0 Å². The predicted octanol–water partition coefficient (Wildman–Crippen LogP) is 3.46. The number of carbonyl (C=O) groups excluding carboxylic acids is 1. The lowest BCUT2D eigenvalue weighted by atomic mass is 10.1. The first-order chi connectivity index (χ1) is 14.2. The van der Waals surface area contributed by atoms with E-state index >= 15 is 0 Å². The molecule has 9 heteroatoms. The zero-order chi connectivity index (χ0) is 20.2. The van der Waals surface area contributed by atoms with Crippen molar-refractivity contribution in [2.24, 2.45) is 0 Å². The number of pyridine rings is 1. The van der Waals surface area contributed by atoms with Crippen LogP contribution >= 0.6 is 0 Å². The van der Waals surface area contributed by atoms with Crippen molar-refractivity contribution in [1.82, 2.24) is 20.3 Å². The van der Waals surface area contributed by atoms with Crippen molar-refractivity contribution in [2.45, 2.75) is 13.5 Å². The molecule has 0 radical (unpaired) electrons. The van der Waals surface area contributed by atoms with Crippen LogP contribution in [0.15, 0.2) is 57.6 Å². The normalized spacial score (nSPS) is 10.7. The van der Waals surface area contributed by atoms with Crippen molar-refractivity contribution >= 4 is 5.97 Å². The Kier molecular flexibility index (Phi) is 5.02. The number of aromatic nitrogens is 4. The van der Waals surface area contributed by atoms with E-state index in [9.17, 15) is 4.79 Å². The number of benzene rings is 1. The Balaban J connectivity index is 1.53. The predicted molar refractivity (Wildman–Crippen MR) is 99.9 cm³/mol. The smallest absolute Gasteiger partial charge is 0.344 e. The van der Waals surface area contributed by atoms with Gasteiger partial charge in [-0.2, -0.15) is 0 Å². The van der Waals surface area contributed by atoms with E-state index in [4.69, 9.17) is 18.4 Å². The van der Waals surface area contributed by atoms with E-state index in [1.54, 1.807) is 19.1 Å². The maximum Gasteiger partial charge on any atom is 0.344 e. The number of aryl methyl sites for hydroxylation is 1. The summed E-state index contributed by atoms with van der Waals surface area (Å²) in [5, 5.41) is 12.1. The van der Waals surface area contributed by atoms with Gasteiger partial charge in [0.15, 0.2) is 6.61 Å². The molecule has 9 nitrogen and oxygen atoms in total. The van der Waals surface area contributed by atoms with Crippen molar-refractivity contribution in [1.29, 1.82) is 0 Å². The van der Waals surface area contributed by atoms with Crippen LogP contribution in [-0.2, 0) is 11.3 Å². The number of carbonyl (C=O) groups is 1. The van der Waals surface area contributed by atoms with Gasteiger partial charge < -0.3 is 18.4 Å². The summed E-state index contributed by atoms with van der Waals surface area (Å²) >= 11 is 0. The number of methoxy groups -OCH3 is 1. The summed E-state index contributed by atoms with van der Waals surface area (Å²) in [5.74, 6) is 0.469. The van der Waals surface area contributed by atoms with Gasteiger partial charge in [0.05, 0.1) is 7.11 Å². The molecule has 0 atom stereocenters. The summed E-state index contributed by atoms with van der Waals surface area (Å²) in [5.41, 5.74) is 2.25. The minimum absolute atomic E-state index is 0.135. The second kappa shape index (κ2) is 7.93. The molecule has 146 valence electrons. The van der Waals surface area contributed by atoms with Crippen LogP contribution in [0.3, 0.4) is 0 Å². The number of esters is 1. The Morgan fingerprint density at radius 3 is 2.72 bits per heavy atom. The van der Waals surface area contributed by atoms with Crippen LogP contribution in [0.25, 0.3) is 22.7 Å². The number of ether oxygens (including phenoxy) is 2. The van der Waals surface area contributed by atoms with Gasteiger partial charge in [0.1, 0.15) is 22.6 Å². The topological polar surface area (TPSA) is 113 Å². The highest BCUT2D eigenvalue weighted by Gasteiger charge is 2.22. The van der Waals surface area contributed by atoms with Crippen LogP contribution < -0.4 is 4.74 Å². The Labute approximate surface area is 165 Å². The van der Waals surface area contributed by atoms with Crippen LogP contribution in [0.4, 0.5) is 0 Å². The summed E-state index contributed by atoms with van der Waals surface area (Å²) < 4.78 is 21.3. The molecule has 0 fully saturated rings. The average Bonchev–Trinajstić information content (AvgIpc) is 3.38. The van der Waals surface area contributed by atoms with Crippen molar-refractivity contribution in [3.8, 4) is 28.6 Å². The first-order valence-corrected chi connectivity index (χ1v) is 8.68. The molecule has 3 aromatic heterocycles. The SMILES string of the molecule is COc1ncccc1C(=O)OCc1nnc(-c2c(-c3ccccc3)noc2C)o1. The molecule has 29 heavy (non-hydrogen) atoms. The molecule has 0 spiro atoms. The van der Waals surface area contributed by atoms with Crippen molar-refractivity contribution in [3.63, 3.8) is 0 Å². The third-order valence-corrected chi connectivity index (χ3v) is 4.10. The molecule has 0 saturated heterocycles. The summed E-state index contributed by atoms with van der Waals surface area (Å²) in [6.07, 6.45) is 1.52. The van der Waals surface area contributed by atoms with Gasteiger partial charge in [-0.15, -0.1) is 10.2 Å². The van der Waals surface area contributed by atoms with E-state index in [1.165, 1.54) is 13.3 Å². The Bertz CT molecular complexity index is 1140. The molecule has 0 unspecified atom stereocenters. The lowest BCUT2D eigenvalue weighted by Gasteiger charge is -2.05. The van der Waals surface area contributed by atoms with Gasteiger partial charge in [-0.1, -0.05) is 35.5 Å². The van der Waals surface area contributed by atoms with Crippen LogP contribution in [-0.4, -0.2) is 33.4 Å². The van der Waals surface area contributed by atoms with E-state index in [-0.39, 0.29) is 29.8 Å². The number of hydrogen-bond acceptors (Lipinski definition) is 9. The molecule has 4 aromatic rings. The van der Waals surface area contributed by atoms with Crippen LogP contribution in [0.1, 0.15) is 22.0 Å². The van der Waals surface area contributed by atoms with Gasteiger partial charge >= 0.3 is 5.97 Å². The van der Waals surface area contributed by atoms with Crippen molar-refractivity contribution in [3.05, 3.63) is 65.9 Å². The average molecular weight is 392 g/mol. The number of nitrogens with zero attached hydrogens (tertiary/aromatic N) is 4. The summed E-state index contributed by atoms with van der Waals surface area (Å²) in [6, 6.07) is 12.7. The minimum atomic E-state index is -0.610. The van der Waals surface area contributed by atoms with Gasteiger partial charge in [-0.05, 0) is 19.1 Å². The fourth-order valence-corrected chi connectivity index (χ4v) is 2.74. The van der Waals surface area contributed by atoms with Crippen molar-refractivity contribution < 1.29 is 23.2 Å². The Morgan fingerprint density at radius 1 is 1.10 bits per heavy atom. The lowest BCUT2D eigenvalue weighted by Crippen LogP contribution is -2.08. The number of hydrogen-bond donors (Lipinski definition) is 0. The van der Waals surface area contributed by atoms with E-state index in [0.29, 0.717) is 17.0 Å². The summed E-state index contributed by atoms with van der Waals surface area (Å²) in [6.45, 7) is 1.56. The molecule has 0 N–H and O–H groups in total. The minimum Gasteiger partial charge on any atom is -0.480 e. The zero-order valence-electron chi connectivity index (χ0n) is 15.7. The lowest BCUT2D eigenvalue weighted by molar-refractivity contribution is 0.0434. The highest BCUT2D eigenvalue weighted by Crippen LogP contribution is 2.33. The maximum atomic E-state index is 12.3. The molecule has 0 saturated carbocycles. The van der Waals surface area contributed by atoms with E-state index in [2.05, 4.69) is 20.3 Å². The van der Waals surface area contributed by atoms with E-state index in [1.807, 2.05) is 30.3 Å².